The van der Waals surface area contributed by atoms with Gasteiger partial charge in [-0.1, -0.05) is 5.10 Å². The fourth-order valence-electron chi connectivity index (χ4n) is 2.91. The average Bonchev–Trinajstić information content (AvgIpc) is 3.08. The molecule has 2 heterocycles. The minimum atomic E-state index is -3.65. The molecule has 3 rings (SSSR count). The van der Waals surface area contributed by atoms with Gasteiger partial charge in [-0.15, -0.1) is 5.10 Å². The number of aromatic nitrogens is 2. The molecule has 0 aliphatic carbocycles. The number of rotatable bonds is 6. The fourth-order valence-corrected chi connectivity index (χ4v) is 4.86. The monoisotopic (exact) mass is 426 g/mol. The predicted molar refractivity (Wildman–Crippen MR) is 105 cm³/mol. The number of anilines is 1. The maximum absolute atomic E-state index is 12.8. The van der Waals surface area contributed by atoms with Crippen molar-refractivity contribution >= 4 is 33.7 Å². The van der Waals surface area contributed by atoms with Gasteiger partial charge in [0.25, 0.3) is 5.91 Å². The molecule has 1 N–H and O–H groups in total. The van der Waals surface area contributed by atoms with Crippen LogP contribution in [0.15, 0.2) is 33.6 Å². The number of hydrogen-bond donors (Lipinski definition) is 1. The van der Waals surface area contributed by atoms with Crippen molar-refractivity contribution in [1.29, 1.82) is 0 Å². The summed E-state index contributed by atoms with van der Waals surface area (Å²) in [6, 6.07) is 5.75. The number of thioether (sulfide) groups is 1. The zero-order valence-electron chi connectivity index (χ0n) is 15.8. The Bertz CT molecular complexity index is 919. The highest BCUT2D eigenvalue weighted by Gasteiger charge is 2.32. The smallest absolute Gasteiger partial charge is 0.322 e. The van der Waals surface area contributed by atoms with Gasteiger partial charge in [0.05, 0.1) is 22.9 Å². The Morgan fingerprint density at radius 2 is 1.86 bits per heavy atom. The van der Waals surface area contributed by atoms with Crippen LogP contribution in [0.3, 0.4) is 0 Å². The summed E-state index contributed by atoms with van der Waals surface area (Å²) in [5.74, 6) is 0.504. The van der Waals surface area contributed by atoms with Gasteiger partial charge in [-0.05, 0) is 44.4 Å². The summed E-state index contributed by atoms with van der Waals surface area (Å²) in [4.78, 5) is 12.4. The third-order valence-electron chi connectivity index (χ3n) is 4.10. The van der Waals surface area contributed by atoms with E-state index < -0.39 is 15.9 Å². The molecule has 0 unspecified atom stereocenters. The highest BCUT2D eigenvalue weighted by atomic mass is 32.2. The Morgan fingerprint density at radius 1 is 1.21 bits per heavy atom. The SMILES string of the molecule is CSCc1nnc(NC(=O)c2ccc(S(=O)(=O)N3C[C@@H](C)O[C@@H](C)C3)cc2)o1. The first-order valence-electron chi connectivity index (χ1n) is 8.68. The van der Waals surface area contributed by atoms with Gasteiger partial charge < -0.3 is 9.15 Å². The van der Waals surface area contributed by atoms with Crippen molar-refractivity contribution in [3.63, 3.8) is 0 Å². The number of amides is 1. The van der Waals surface area contributed by atoms with E-state index in [1.165, 1.54) is 40.3 Å². The zero-order valence-corrected chi connectivity index (χ0v) is 17.4. The molecular weight excluding hydrogens is 404 g/mol. The maximum Gasteiger partial charge on any atom is 0.322 e. The number of carbonyl (C=O) groups excluding carboxylic acids is 1. The lowest BCUT2D eigenvalue weighted by molar-refractivity contribution is -0.0440. The summed E-state index contributed by atoms with van der Waals surface area (Å²) in [7, 11) is -3.65. The van der Waals surface area contributed by atoms with Crippen LogP contribution in [0.4, 0.5) is 6.01 Å². The van der Waals surface area contributed by atoms with E-state index in [4.69, 9.17) is 9.15 Å². The third-order valence-corrected chi connectivity index (χ3v) is 6.48. The largest absolute Gasteiger partial charge is 0.407 e. The van der Waals surface area contributed by atoms with Gasteiger partial charge in [-0.3, -0.25) is 10.1 Å². The lowest BCUT2D eigenvalue weighted by Gasteiger charge is -2.34. The zero-order chi connectivity index (χ0) is 20.3. The average molecular weight is 427 g/mol. The number of nitrogens with zero attached hydrogens (tertiary/aromatic N) is 3. The Kier molecular flexibility index (Phi) is 6.38. The molecule has 2 atom stereocenters. The second-order valence-corrected chi connectivity index (χ2v) is 9.30. The summed E-state index contributed by atoms with van der Waals surface area (Å²) < 4.78 is 38.0. The molecule has 0 radical (unpaired) electrons. The van der Waals surface area contributed by atoms with Crippen molar-refractivity contribution in [3.8, 4) is 0 Å². The molecule has 1 amide bonds. The van der Waals surface area contributed by atoms with E-state index in [9.17, 15) is 13.2 Å². The van der Waals surface area contributed by atoms with Gasteiger partial charge in [-0.2, -0.15) is 16.1 Å². The van der Waals surface area contributed by atoms with Gasteiger partial charge in [-0.25, -0.2) is 8.42 Å². The summed E-state index contributed by atoms with van der Waals surface area (Å²) >= 11 is 1.52. The number of morpholine rings is 1. The van der Waals surface area contributed by atoms with Gasteiger partial charge in [0, 0.05) is 18.7 Å². The fraction of sp³-hybridized carbons (Fsp3) is 0.471. The quantitative estimate of drug-likeness (QED) is 0.746. The Hall–Kier alpha value is -1.95. The minimum Gasteiger partial charge on any atom is -0.407 e. The summed E-state index contributed by atoms with van der Waals surface area (Å²) in [5, 5.41) is 10.1. The number of hydrogen-bond acceptors (Lipinski definition) is 8. The second kappa shape index (κ2) is 8.60. The molecule has 0 spiro atoms. The first kappa shape index (κ1) is 20.8. The number of benzene rings is 1. The highest BCUT2D eigenvalue weighted by Crippen LogP contribution is 2.22. The van der Waals surface area contributed by atoms with Crippen LogP contribution >= 0.6 is 11.8 Å². The lowest BCUT2D eigenvalue weighted by atomic mass is 10.2. The first-order valence-corrected chi connectivity index (χ1v) is 11.5. The van der Waals surface area contributed by atoms with Crippen LogP contribution in [-0.2, 0) is 20.5 Å². The van der Waals surface area contributed by atoms with Gasteiger partial charge in [0.1, 0.15) is 0 Å². The van der Waals surface area contributed by atoms with Crippen LogP contribution in [0.25, 0.3) is 0 Å². The van der Waals surface area contributed by atoms with Crippen molar-refractivity contribution in [1.82, 2.24) is 14.5 Å². The van der Waals surface area contributed by atoms with Gasteiger partial charge >= 0.3 is 6.01 Å². The van der Waals surface area contributed by atoms with Crippen molar-refractivity contribution in [3.05, 3.63) is 35.7 Å². The molecule has 0 bridgehead atoms. The molecule has 1 aromatic heterocycles. The van der Waals surface area contributed by atoms with Gasteiger partial charge in [0.2, 0.25) is 15.9 Å². The van der Waals surface area contributed by atoms with E-state index in [0.717, 1.165) is 0 Å². The Labute approximate surface area is 167 Å². The second-order valence-electron chi connectivity index (χ2n) is 6.49. The van der Waals surface area contributed by atoms with Crippen LogP contribution in [0.1, 0.15) is 30.1 Å². The molecule has 28 heavy (non-hydrogen) atoms. The molecule has 11 heteroatoms. The molecule has 1 aliphatic heterocycles. The number of nitrogens with one attached hydrogen (secondary N) is 1. The molecule has 0 saturated carbocycles. The summed E-state index contributed by atoms with van der Waals surface area (Å²) in [5.41, 5.74) is 0.285. The molecule has 152 valence electrons. The topological polar surface area (TPSA) is 115 Å². The molecule has 2 aromatic rings. The van der Waals surface area contributed by atoms with Crippen molar-refractivity contribution in [2.75, 3.05) is 24.7 Å². The van der Waals surface area contributed by atoms with E-state index in [0.29, 0.717) is 24.7 Å². The van der Waals surface area contributed by atoms with E-state index in [1.807, 2.05) is 20.1 Å². The standard InChI is InChI=1S/C17H22N4O5S2/c1-11-8-21(9-12(2)25-11)28(23,24)14-6-4-13(5-7-14)16(22)18-17-20-19-15(26-17)10-27-3/h4-7,11-12H,8-10H2,1-3H3,(H,18,20,22)/t11-,12+. The van der Waals surface area contributed by atoms with Crippen LogP contribution in [-0.4, -0.2) is 60.4 Å². The lowest BCUT2D eigenvalue weighted by Crippen LogP contribution is -2.48. The van der Waals surface area contributed by atoms with E-state index in [2.05, 4.69) is 15.5 Å². The van der Waals surface area contributed by atoms with Crippen LogP contribution in [0.5, 0.6) is 0 Å². The van der Waals surface area contributed by atoms with Crippen molar-refractivity contribution in [2.45, 2.75) is 36.7 Å². The first-order chi connectivity index (χ1) is 13.3. The van der Waals surface area contributed by atoms with Crippen LogP contribution in [0, 0.1) is 0 Å². The highest BCUT2D eigenvalue weighted by molar-refractivity contribution is 7.97. The van der Waals surface area contributed by atoms with E-state index in [-0.39, 0.29) is 28.7 Å². The molecule has 1 aromatic carbocycles. The predicted octanol–water partition coefficient (Wildman–Crippen LogP) is 1.98. The molecule has 1 saturated heterocycles. The van der Waals surface area contributed by atoms with E-state index >= 15 is 0 Å². The molecular formula is C17H22N4O5S2. The van der Waals surface area contributed by atoms with Crippen molar-refractivity contribution in [2.24, 2.45) is 0 Å². The Balaban J connectivity index is 1.70. The maximum atomic E-state index is 12.8. The van der Waals surface area contributed by atoms with Gasteiger partial charge in [0.15, 0.2) is 0 Å². The normalized spacial score (nSPS) is 20.8. The van der Waals surface area contributed by atoms with Crippen LogP contribution in [0.2, 0.25) is 0 Å². The summed E-state index contributed by atoms with van der Waals surface area (Å²) in [6.07, 6.45) is 1.55. The number of sulfonamides is 1. The van der Waals surface area contributed by atoms with E-state index in [1.54, 1.807) is 0 Å². The number of carbonyl (C=O) groups is 1. The molecule has 1 fully saturated rings. The Morgan fingerprint density at radius 3 is 2.46 bits per heavy atom. The third kappa shape index (κ3) is 4.72. The molecule has 9 nitrogen and oxygen atoms in total. The summed E-state index contributed by atoms with van der Waals surface area (Å²) in [6.45, 7) is 4.27. The minimum absolute atomic E-state index is 0.00189. The van der Waals surface area contributed by atoms with Crippen LogP contribution < -0.4 is 5.32 Å². The van der Waals surface area contributed by atoms with Crippen molar-refractivity contribution < 1.29 is 22.4 Å². The molecule has 1 aliphatic rings. The number of ether oxygens (including phenoxy) is 1.